The second-order valence-electron chi connectivity index (χ2n) is 4.93. The maximum absolute atomic E-state index is 11.8. The van der Waals surface area contributed by atoms with Gasteiger partial charge in [0.2, 0.25) is 5.91 Å². The monoisotopic (exact) mass is 226 g/mol. The van der Waals surface area contributed by atoms with E-state index in [2.05, 4.69) is 24.5 Å². The third-order valence-electron chi connectivity index (χ3n) is 3.32. The van der Waals surface area contributed by atoms with Gasteiger partial charge in [0.1, 0.15) is 0 Å². The number of hydrogen-bond donors (Lipinski definition) is 2. The topological polar surface area (TPSA) is 41.1 Å². The minimum atomic E-state index is 0.238. The summed E-state index contributed by atoms with van der Waals surface area (Å²) in [6, 6.07) is 0.490. The molecule has 3 nitrogen and oxygen atoms in total. The van der Waals surface area contributed by atoms with Crippen molar-refractivity contribution in [3.05, 3.63) is 0 Å². The van der Waals surface area contributed by atoms with Crippen molar-refractivity contribution in [1.82, 2.24) is 10.6 Å². The summed E-state index contributed by atoms with van der Waals surface area (Å²) in [5.41, 5.74) is 0. The first kappa shape index (κ1) is 13.5. The van der Waals surface area contributed by atoms with Crippen LogP contribution in [0.15, 0.2) is 0 Å². The second-order valence-corrected chi connectivity index (χ2v) is 4.93. The van der Waals surface area contributed by atoms with Crippen LogP contribution in [0.3, 0.4) is 0 Å². The number of carbonyl (C=O) groups is 1. The van der Waals surface area contributed by atoms with Crippen molar-refractivity contribution in [2.75, 3.05) is 13.1 Å². The Bertz CT molecular complexity index is 206. The van der Waals surface area contributed by atoms with Crippen molar-refractivity contribution in [2.24, 2.45) is 5.92 Å². The Hall–Kier alpha value is -0.570. The summed E-state index contributed by atoms with van der Waals surface area (Å²) in [6.45, 7) is 6.20. The van der Waals surface area contributed by atoms with Gasteiger partial charge >= 0.3 is 0 Å². The van der Waals surface area contributed by atoms with Gasteiger partial charge in [-0.1, -0.05) is 26.2 Å². The van der Waals surface area contributed by atoms with Crippen LogP contribution in [0.25, 0.3) is 0 Å². The largest absolute Gasteiger partial charge is 0.356 e. The fraction of sp³-hybridized carbons (Fsp3) is 0.923. The molecule has 2 atom stereocenters. The molecule has 16 heavy (non-hydrogen) atoms. The number of rotatable bonds is 6. The van der Waals surface area contributed by atoms with Crippen LogP contribution in [-0.2, 0) is 4.79 Å². The highest BCUT2D eigenvalue weighted by molar-refractivity contribution is 5.78. The quantitative estimate of drug-likeness (QED) is 0.681. The second kappa shape index (κ2) is 7.66. The lowest BCUT2D eigenvalue weighted by molar-refractivity contribution is -0.126. The molecule has 94 valence electrons. The Kier molecular flexibility index (Phi) is 6.46. The zero-order chi connectivity index (χ0) is 11.8. The van der Waals surface area contributed by atoms with Gasteiger partial charge in [0, 0.05) is 18.5 Å². The molecule has 0 radical (unpaired) electrons. The van der Waals surface area contributed by atoms with Crippen molar-refractivity contribution in [1.29, 1.82) is 0 Å². The SMILES string of the molecule is CCCCCCNC(=O)C1CCNC(C)C1. The molecule has 0 bridgehead atoms. The van der Waals surface area contributed by atoms with Crippen LogP contribution in [0.1, 0.15) is 52.4 Å². The summed E-state index contributed by atoms with van der Waals surface area (Å²) < 4.78 is 0. The fourth-order valence-corrected chi connectivity index (χ4v) is 2.28. The van der Waals surface area contributed by atoms with Crippen LogP contribution in [0.5, 0.6) is 0 Å². The molecule has 3 heteroatoms. The van der Waals surface area contributed by atoms with Gasteiger partial charge in [-0.3, -0.25) is 4.79 Å². The third kappa shape index (κ3) is 4.97. The molecule has 1 aliphatic rings. The average molecular weight is 226 g/mol. The van der Waals surface area contributed by atoms with E-state index < -0.39 is 0 Å². The van der Waals surface area contributed by atoms with E-state index in [1.807, 2.05) is 0 Å². The third-order valence-corrected chi connectivity index (χ3v) is 3.32. The Balaban J connectivity index is 2.09. The molecule has 2 unspecified atom stereocenters. The number of nitrogens with one attached hydrogen (secondary N) is 2. The number of hydrogen-bond acceptors (Lipinski definition) is 2. The van der Waals surface area contributed by atoms with E-state index >= 15 is 0 Å². The summed E-state index contributed by atoms with van der Waals surface area (Å²) in [5.74, 6) is 0.507. The van der Waals surface area contributed by atoms with Crippen molar-refractivity contribution in [3.63, 3.8) is 0 Å². The molecule has 1 saturated heterocycles. The van der Waals surface area contributed by atoms with Gasteiger partial charge in [0.05, 0.1) is 0 Å². The van der Waals surface area contributed by atoms with Gasteiger partial charge in [0.25, 0.3) is 0 Å². The molecule has 1 rings (SSSR count). The normalized spacial score (nSPS) is 25.4. The molecule has 0 spiro atoms. The summed E-state index contributed by atoms with van der Waals surface area (Å²) in [7, 11) is 0. The molecule has 0 aromatic rings. The minimum absolute atomic E-state index is 0.238. The number of carbonyl (C=O) groups excluding carboxylic acids is 1. The molecule has 1 fully saturated rings. The molecule has 1 aliphatic heterocycles. The van der Waals surface area contributed by atoms with Crippen molar-refractivity contribution < 1.29 is 4.79 Å². The van der Waals surface area contributed by atoms with Crippen molar-refractivity contribution in [3.8, 4) is 0 Å². The van der Waals surface area contributed by atoms with Crippen LogP contribution >= 0.6 is 0 Å². The van der Waals surface area contributed by atoms with Crippen LogP contribution in [0.4, 0.5) is 0 Å². The minimum Gasteiger partial charge on any atom is -0.356 e. The summed E-state index contributed by atoms with van der Waals surface area (Å²) in [4.78, 5) is 11.8. The molecule has 0 saturated carbocycles. The van der Waals surface area contributed by atoms with Crippen molar-refractivity contribution >= 4 is 5.91 Å². The Labute approximate surface area is 99.4 Å². The smallest absolute Gasteiger partial charge is 0.223 e. The highest BCUT2D eigenvalue weighted by Gasteiger charge is 2.23. The molecule has 0 aromatic heterocycles. The van der Waals surface area contributed by atoms with E-state index in [1.54, 1.807) is 0 Å². The zero-order valence-corrected chi connectivity index (χ0v) is 10.7. The lowest BCUT2D eigenvalue weighted by Crippen LogP contribution is -2.42. The van der Waals surface area contributed by atoms with Crippen LogP contribution in [0.2, 0.25) is 0 Å². The Morgan fingerprint density at radius 3 is 2.88 bits per heavy atom. The number of unbranched alkanes of at least 4 members (excludes halogenated alkanes) is 3. The molecule has 1 amide bonds. The standard InChI is InChI=1S/C13H26N2O/c1-3-4-5-6-8-15-13(16)12-7-9-14-11(2)10-12/h11-12,14H,3-10H2,1-2H3,(H,15,16). The van der Waals surface area contributed by atoms with Gasteiger partial charge in [-0.25, -0.2) is 0 Å². The molecular formula is C13H26N2O. The fourth-order valence-electron chi connectivity index (χ4n) is 2.28. The average Bonchev–Trinajstić information content (AvgIpc) is 2.28. The van der Waals surface area contributed by atoms with Gasteiger partial charge in [-0.05, 0) is 32.7 Å². The van der Waals surface area contributed by atoms with Crippen LogP contribution in [0, 0.1) is 5.92 Å². The zero-order valence-electron chi connectivity index (χ0n) is 10.7. The molecular weight excluding hydrogens is 200 g/mol. The number of piperidine rings is 1. The first-order valence-electron chi connectivity index (χ1n) is 6.75. The van der Waals surface area contributed by atoms with Crippen LogP contribution < -0.4 is 10.6 Å². The highest BCUT2D eigenvalue weighted by atomic mass is 16.1. The van der Waals surface area contributed by atoms with E-state index in [0.29, 0.717) is 6.04 Å². The van der Waals surface area contributed by atoms with E-state index in [9.17, 15) is 4.79 Å². The van der Waals surface area contributed by atoms with E-state index in [-0.39, 0.29) is 11.8 Å². The molecule has 1 heterocycles. The predicted molar refractivity (Wildman–Crippen MR) is 67.3 cm³/mol. The molecule has 0 aliphatic carbocycles. The van der Waals surface area contributed by atoms with E-state index in [4.69, 9.17) is 0 Å². The predicted octanol–water partition coefficient (Wildman–Crippen LogP) is 2.07. The Morgan fingerprint density at radius 1 is 1.38 bits per heavy atom. The van der Waals surface area contributed by atoms with Gasteiger partial charge in [0.15, 0.2) is 0 Å². The Morgan fingerprint density at radius 2 is 2.19 bits per heavy atom. The molecule has 2 N–H and O–H groups in total. The maximum atomic E-state index is 11.8. The lowest BCUT2D eigenvalue weighted by Gasteiger charge is -2.27. The van der Waals surface area contributed by atoms with Gasteiger partial charge in [-0.15, -0.1) is 0 Å². The van der Waals surface area contributed by atoms with E-state index in [1.165, 1.54) is 19.3 Å². The van der Waals surface area contributed by atoms with Crippen molar-refractivity contribution in [2.45, 2.75) is 58.4 Å². The van der Waals surface area contributed by atoms with Gasteiger partial charge in [-0.2, -0.15) is 0 Å². The lowest BCUT2D eigenvalue weighted by atomic mass is 9.92. The maximum Gasteiger partial charge on any atom is 0.223 e. The molecule has 0 aromatic carbocycles. The van der Waals surface area contributed by atoms with Crippen LogP contribution in [-0.4, -0.2) is 25.0 Å². The van der Waals surface area contributed by atoms with Gasteiger partial charge < -0.3 is 10.6 Å². The number of amides is 1. The summed E-state index contributed by atoms with van der Waals surface area (Å²) in [6.07, 6.45) is 6.87. The highest BCUT2D eigenvalue weighted by Crippen LogP contribution is 2.15. The van der Waals surface area contributed by atoms with E-state index in [0.717, 1.165) is 32.4 Å². The summed E-state index contributed by atoms with van der Waals surface area (Å²) >= 11 is 0. The summed E-state index contributed by atoms with van der Waals surface area (Å²) in [5, 5.41) is 6.44. The first-order valence-corrected chi connectivity index (χ1v) is 6.75. The first-order chi connectivity index (χ1) is 7.74.